The molecule has 34 heavy (non-hydrogen) atoms. The standard InChI is InChI=1S/C24H32N6O3S/c1-17-5-7-19(8-6-17)26-21(32)22-27-28-23(34-22)24(33)30-14-9-18(10-15-30)20(31)25-11-16-29-12-3-2-4-13-29/h5-8,18H,2-4,9-16H2,1H3,(H,25,31)(H,26,32). The van der Waals surface area contributed by atoms with Crippen LogP contribution in [0.15, 0.2) is 24.3 Å². The van der Waals surface area contributed by atoms with E-state index in [0.29, 0.717) is 38.2 Å². The Bertz CT molecular complexity index is 994. The molecular weight excluding hydrogens is 452 g/mol. The summed E-state index contributed by atoms with van der Waals surface area (Å²) in [7, 11) is 0. The zero-order chi connectivity index (χ0) is 23.9. The van der Waals surface area contributed by atoms with Crippen LogP contribution < -0.4 is 10.6 Å². The molecule has 2 N–H and O–H groups in total. The van der Waals surface area contributed by atoms with Gasteiger partial charge in [-0.1, -0.05) is 35.5 Å². The second kappa shape index (κ2) is 11.5. The van der Waals surface area contributed by atoms with Gasteiger partial charge in [-0.05, 0) is 57.8 Å². The SMILES string of the molecule is Cc1ccc(NC(=O)c2nnc(C(=O)N3CCC(C(=O)NCCN4CCCCC4)CC3)s2)cc1. The van der Waals surface area contributed by atoms with E-state index >= 15 is 0 Å². The van der Waals surface area contributed by atoms with Gasteiger partial charge in [0.1, 0.15) is 0 Å². The van der Waals surface area contributed by atoms with Crippen LogP contribution in [0.3, 0.4) is 0 Å². The molecule has 182 valence electrons. The van der Waals surface area contributed by atoms with Crippen LogP contribution in [0.2, 0.25) is 0 Å². The van der Waals surface area contributed by atoms with E-state index in [9.17, 15) is 14.4 Å². The molecular formula is C24H32N6O3S. The van der Waals surface area contributed by atoms with E-state index in [-0.39, 0.29) is 33.7 Å². The average molecular weight is 485 g/mol. The van der Waals surface area contributed by atoms with Gasteiger partial charge in [0.2, 0.25) is 15.9 Å². The molecule has 3 heterocycles. The minimum Gasteiger partial charge on any atom is -0.355 e. The van der Waals surface area contributed by atoms with Gasteiger partial charge in [0.25, 0.3) is 11.8 Å². The zero-order valence-corrected chi connectivity index (χ0v) is 20.4. The van der Waals surface area contributed by atoms with E-state index < -0.39 is 0 Å². The number of hydrogen-bond donors (Lipinski definition) is 2. The first-order valence-corrected chi connectivity index (χ1v) is 12.8. The Hall–Kier alpha value is -2.85. The molecule has 1 aromatic heterocycles. The number of aryl methyl sites for hydroxylation is 1. The molecule has 0 saturated carbocycles. The Morgan fingerprint density at radius 3 is 2.35 bits per heavy atom. The molecule has 2 fully saturated rings. The summed E-state index contributed by atoms with van der Waals surface area (Å²) in [5, 5.41) is 14.0. The third-order valence-corrected chi connectivity index (χ3v) is 7.35. The van der Waals surface area contributed by atoms with Gasteiger partial charge in [0.05, 0.1) is 0 Å². The number of rotatable bonds is 7. The minimum atomic E-state index is -0.389. The number of nitrogens with zero attached hydrogens (tertiary/aromatic N) is 4. The van der Waals surface area contributed by atoms with Crippen LogP contribution in [0, 0.1) is 12.8 Å². The van der Waals surface area contributed by atoms with Gasteiger partial charge in [-0.3, -0.25) is 14.4 Å². The largest absolute Gasteiger partial charge is 0.355 e. The number of benzene rings is 1. The number of likely N-dealkylation sites (tertiary alicyclic amines) is 2. The molecule has 0 radical (unpaired) electrons. The molecule has 0 bridgehead atoms. The van der Waals surface area contributed by atoms with E-state index in [1.165, 1.54) is 19.3 Å². The van der Waals surface area contributed by atoms with Gasteiger partial charge in [0.15, 0.2) is 0 Å². The molecule has 0 aliphatic carbocycles. The summed E-state index contributed by atoms with van der Waals surface area (Å²) in [6.07, 6.45) is 5.04. The molecule has 0 spiro atoms. The van der Waals surface area contributed by atoms with Crippen LogP contribution in [0.25, 0.3) is 0 Å². The number of carbonyl (C=O) groups is 3. The van der Waals surface area contributed by atoms with E-state index in [2.05, 4.69) is 25.7 Å². The summed E-state index contributed by atoms with van der Waals surface area (Å²) in [5.74, 6) is -0.623. The summed E-state index contributed by atoms with van der Waals surface area (Å²) in [5.41, 5.74) is 1.76. The van der Waals surface area contributed by atoms with Crippen molar-refractivity contribution in [1.82, 2.24) is 25.3 Å². The molecule has 1 aromatic carbocycles. The maximum absolute atomic E-state index is 12.9. The average Bonchev–Trinajstić information content (AvgIpc) is 3.36. The molecule has 0 atom stereocenters. The van der Waals surface area contributed by atoms with Crippen molar-refractivity contribution in [3.8, 4) is 0 Å². The smallest absolute Gasteiger partial charge is 0.286 e. The van der Waals surface area contributed by atoms with E-state index in [1.54, 1.807) is 4.90 Å². The van der Waals surface area contributed by atoms with E-state index in [1.807, 2.05) is 31.2 Å². The maximum Gasteiger partial charge on any atom is 0.286 e. The number of piperidine rings is 2. The normalized spacial score (nSPS) is 17.4. The predicted molar refractivity (Wildman–Crippen MR) is 131 cm³/mol. The van der Waals surface area contributed by atoms with Crippen LogP contribution in [-0.4, -0.2) is 77.0 Å². The minimum absolute atomic E-state index is 0.0735. The Morgan fingerprint density at radius 2 is 1.65 bits per heavy atom. The molecule has 9 nitrogen and oxygen atoms in total. The van der Waals surface area contributed by atoms with Crippen molar-refractivity contribution in [1.29, 1.82) is 0 Å². The number of anilines is 1. The van der Waals surface area contributed by atoms with E-state index in [4.69, 9.17) is 0 Å². The van der Waals surface area contributed by atoms with Crippen molar-refractivity contribution in [3.63, 3.8) is 0 Å². The van der Waals surface area contributed by atoms with Crippen molar-refractivity contribution in [2.45, 2.75) is 39.0 Å². The van der Waals surface area contributed by atoms with Crippen LogP contribution in [-0.2, 0) is 4.79 Å². The Kier molecular flexibility index (Phi) is 8.23. The highest BCUT2D eigenvalue weighted by molar-refractivity contribution is 7.15. The summed E-state index contributed by atoms with van der Waals surface area (Å²) >= 11 is 0.987. The van der Waals surface area contributed by atoms with Gasteiger partial charge in [-0.2, -0.15) is 0 Å². The molecule has 4 rings (SSSR count). The van der Waals surface area contributed by atoms with Gasteiger partial charge < -0.3 is 20.4 Å². The number of aromatic nitrogens is 2. The molecule has 2 aromatic rings. The second-order valence-electron chi connectivity index (χ2n) is 8.99. The third kappa shape index (κ3) is 6.38. The van der Waals surface area contributed by atoms with Gasteiger partial charge in [-0.15, -0.1) is 10.2 Å². The number of hydrogen-bond acceptors (Lipinski definition) is 7. The fourth-order valence-corrected chi connectivity index (χ4v) is 5.07. The lowest BCUT2D eigenvalue weighted by Crippen LogP contribution is -2.44. The lowest BCUT2D eigenvalue weighted by Gasteiger charge is -2.31. The summed E-state index contributed by atoms with van der Waals surface area (Å²) in [4.78, 5) is 41.9. The molecule has 2 aliphatic heterocycles. The first-order chi connectivity index (χ1) is 16.5. The van der Waals surface area contributed by atoms with Crippen LogP contribution in [0.1, 0.15) is 57.3 Å². The van der Waals surface area contributed by atoms with Crippen LogP contribution >= 0.6 is 11.3 Å². The maximum atomic E-state index is 12.9. The summed E-state index contributed by atoms with van der Waals surface area (Å²) in [6, 6.07) is 7.44. The van der Waals surface area contributed by atoms with Crippen LogP contribution in [0.4, 0.5) is 5.69 Å². The predicted octanol–water partition coefficient (Wildman–Crippen LogP) is 2.55. The molecule has 2 aliphatic rings. The monoisotopic (exact) mass is 484 g/mol. The van der Waals surface area contributed by atoms with Crippen molar-refractivity contribution < 1.29 is 14.4 Å². The van der Waals surface area contributed by atoms with Gasteiger partial charge in [0, 0.05) is 37.8 Å². The highest BCUT2D eigenvalue weighted by atomic mass is 32.1. The Morgan fingerprint density at radius 1 is 0.971 bits per heavy atom. The number of nitrogens with one attached hydrogen (secondary N) is 2. The topological polar surface area (TPSA) is 108 Å². The second-order valence-corrected chi connectivity index (χ2v) is 9.97. The van der Waals surface area contributed by atoms with Crippen LogP contribution in [0.5, 0.6) is 0 Å². The number of amides is 3. The molecule has 10 heteroatoms. The van der Waals surface area contributed by atoms with Gasteiger partial charge in [-0.25, -0.2) is 0 Å². The highest BCUT2D eigenvalue weighted by Crippen LogP contribution is 2.21. The molecule has 2 saturated heterocycles. The third-order valence-electron chi connectivity index (χ3n) is 6.44. The quantitative estimate of drug-likeness (QED) is 0.625. The Balaban J connectivity index is 1.21. The van der Waals surface area contributed by atoms with Crippen molar-refractivity contribution >= 4 is 34.7 Å². The van der Waals surface area contributed by atoms with E-state index in [0.717, 1.165) is 36.5 Å². The fraction of sp³-hybridized carbons (Fsp3) is 0.542. The Labute approximate surface area is 203 Å². The first-order valence-electron chi connectivity index (χ1n) is 12.0. The summed E-state index contributed by atoms with van der Waals surface area (Å²) in [6.45, 7) is 6.78. The molecule has 3 amide bonds. The van der Waals surface area contributed by atoms with Crippen molar-refractivity contribution in [2.24, 2.45) is 5.92 Å². The fourth-order valence-electron chi connectivity index (χ4n) is 4.37. The number of carbonyl (C=O) groups excluding carboxylic acids is 3. The first kappa shape index (κ1) is 24.3. The van der Waals surface area contributed by atoms with Crippen molar-refractivity contribution in [3.05, 3.63) is 39.8 Å². The van der Waals surface area contributed by atoms with Gasteiger partial charge >= 0.3 is 0 Å². The molecule has 0 unspecified atom stereocenters. The zero-order valence-electron chi connectivity index (χ0n) is 19.6. The highest BCUT2D eigenvalue weighted by Gasteiger charge is 2.29. The lowest BCUT2D eigenvalue weighted by atomic mass is 9.96. The van der Waals surface area contributed by atoms with Crippen molar-refractivity contribution in [2.75, 3.05) is 44.6 Å². The lowest BCUT2D eigenvalue weighted by molar-refractivity contribution is -0.126. The summed E-state index contributed by atoms with van der Waals surface area (Å²) < 4.78 is 0.